The van der Waals surface area contributed by atoms with E-state index in [4.69, 9.17) is 0 Å². The molecular weight excluding hydrogens is 431 g/mol. The van der Waals surface area contributed by atoms with Gasteiger partial charge in [-0.2, -0.15) is 5.10 Å². The van der Waals surface area contributed by atoms with Crippen LogP contribution in [-0.2, 0) is 18.3 Å². The van der Waals surface area contributed by atoms with E-state index in [1.54, 1.807) is 16.8 Å². The van der Waals surface area contributed by atoms with Gasteiger partial charge in [0, 0.05) is 35.6 Å². The minimum Gasteiger partial charge on any atom is -0.340 e. The van der Waals surface area contributed by atoms with Crippen molar-refractivity contribution in [2.75, 3.05) is 10.6 Å². The van der Waals surface area contributed by atoms with E-state index in [1.165, 1.54) is 18.5 Å². The van der Waals surface area contributed by atoms with Crippen LogP contribution in [0.2, 0.25) is 0 Å². The standard InChI is InChI=1S/C26H21FN6O/c1-33-15-19(14-30-33)18-7-10-23-24(12-18)28-16-29-26(23)32-21-8-5-17(6-9-21)11-25(34)31-22-4-2-3-20(27)13-22/h2-10,12-16H,11H2,1H3,(H,31,34)(H,28,29,32). The van der Waals surface area contributed by atoms with Crippen LogP contribution in [0.5, 0.6) is 0 Å². The van der Waals surface area contributed by atoms with Gasteiger partial charge in [0.1, 0.15) is 18.0 Å². The third-order valence-corrected chi connectivity index (χ3v) is 5.36. The molecule has 2 N–H and O–H groups in total. The maximum Gasteiger partial charge on any atom is 0.228 e. The molecule has 0 radical (unpaired) electrons. The van der Waals surface area contributed by atoms with E-state index in [-0.39, 0.29) is 12.3 Å². The molecule has 2 aromatic heterocycles. The number of nitrogens with one attached hydrogen (secondary N) is 2. The van der Waals surface area contributed by atoms with E-state index in [1.807, 2.05) is 61.9 Å². The Hall–Kier alpha value is -4.59. The summed E-state index contributed by atoms with van der Waals surface area (Å²) in [7, 11) is 1.89. The molecule has 5 rings (SSSR count). The fourth-order valence-corrected chi connectivity index (χ4v) is 3.71. The first-order chi connectivity index (χ1) is 16.5. The first-order valence-electron chi connectivity index (χ1n) is 10.7. The Morgan fingerprint density at radius 3 is 2.59 bits per heavy atom. The van der Waals surface area contributed by atoms with Crippen molar-refractivity contribution >= 4 is 34.0 Å². The van der Waals surface area contributed by atoms with E-state index in [0.717, 1.165) is 33.3 Å². The number of aromatic nitrogens is 4. The van der Waals surface area contributed by atoms with Crippen molar-refractivity contribution < 1.29 is 9.18 Å². The van der Waals surface area contributed by atoms with Crippen LogP contribution in [0, 0.1) is 5.82 Å². The molecular formula is C26H21FN6O. The molecule has 5 aromatic rings. The second-order valence-electron chi connectivity index (χ2n) is 7.91. The fourth-order valence-electron chi connectivity index (χ4n) is 3.71. The van der Waals surface area contributed by atoms with Crippen molar-refractivity contribution in [3.8, 4) is 11.1 Å². The summed E-state index contributed by atoms with van der Waals surface area (Å²) in [5.41, 5.74) is 4.99. The lowest BCUT2D eigenvalue weighted by Gasteiger charge is -2.10. The number of carbonyl (C=O) groups is 1. The molecule has 7 nitrogen and oxygen atoms in total. The Morgan fingerprint density at radius 1 is 0.971 bits per heavy atom. The van der Waals surface area contributed by atoms with Gasteiger partial charge in [-0.15, -0.1) is 0 Å². The largest absolute Gasteiger partial charge is 0.340 e. The van der Waals surface area contributed by atoms with Gasteiger partial charge >= 0.3 is 0 Å². The number of carbonyl (C=O) groups excluding carboxylic acids is 1. The molecule has 8 heteroatoms. The maximum absolute atomic E-state index is 13.3. The number of nitrogens with zero attached hydrogens (tertiary/aromatic N) is 4. The van der Waals surface area contributed by atoms with Gasteiger partial charge in [0.2, 0.25) is 5.91 Å². The highest BCUT2D eigenvalue weighted by Gasteiger charge is 2.09. The van der Waals surface area contributed by atoms with Gasteiger partial charge in [0.25, 0.3) is 0 Å². The highest BCUT2D eigenvalue weighted by molar-refractivity contribution is 5.94. The van der Waals surface area contributed by atoms with Gasteiger partial charge in [0.05, 0.1) is 18.1 Å². The van der Waals surface area contributed by atoms with Crippen molar-refractivity contribution in [3.63, 3.8) is 0 Å². The molecule has 0 atom stereocenters. The van der Waals surface area contributed by atoms with Crippen molar-refractivity contribution in [2.45, 2.75) is 6.42 Å². The molecule has 0 saturated heterocycles. The van der Waals surface area contributed by atoms with Gasteiger partial charge < -0.3 is 10.6 Å². The molecule has 0 aliphatic carbocycles. The first kappa shape index (κ1) is 21.3. The number of rotatable bonds is 6. The summed E-state index contributed by atoms with van der Waals surface area (Å²) < 4.78 is 15.1. The van der Waals surface area contributed by atoms with Gasteiger partial charge in [-0.1, -0.05) is 24.3 Å². The molecule has 34 heavy (non-hydrogen) atoms. The molecule has 0 spiro atoms. The topological polar surface area (TPSA) is 84.7 Å². The lowest BCUT2D eigenvalue weighted by molar-refractivity contribution is -0.115. The molecule has 0 fully saturated rings. The van der Waals surface area contributed by atoms with Gasteiger partial charge in [-0.3, -0.25) is 9.48 Å². The summed E-state index contributed by atoms with van der Waals surface area (Å²) in [6.45, 7) is 0. The molecule has 168 valence electrons. The van der Waals surface area contributed by atoms with E-state index in [0.29, 0.717) is 11.5 Å². The second kappa shape index (κ2) is 9.11. The van der Waals surface area contributed by atoms with E-state index in [2.05, 4.69) is 25.7 Å². The molecule has 2 heterocycles. The summed E-state index contributed by atoms with van der Waals surface area (Å²) in [4.78, 5) is 21.1. The van der Waals surface area contributed by atoms with E-state index < -0.39 is 5.82 Å². The molecule has 0 aliphatic heterocycles. The van der Waals surface area contributed by atoms with Crippen molar-refractivity contribution in [1.82, 2.24) is 19.7 Å². The zero-order valence-corrected chi connectivity index (χ0v) is 18.4. The van der Waals surface area contributed by atoms with E-state index >= 15 is 0 Å². The molecule has 0 aliphatic rings. The highest BCUT2D eigenvalue weighted by Crippen LogP contribution is 2.28. The summed E-state index contributed by atoms with van der Waals surface area (Å²) in [5, 5.41) is 11.2. The monoisotopic (exact) mass is 452 g/mol. The number of hydrogen-bond acceptors (Lipinski definition) is 5. The number of hydrogen-bond donors (Lipinski definition) is 2. The molecule has 0 bridgehead atoms. The molecule has 1 amide bonds. The van der Waals surface area contributed by atoms with Crippen LogP contribution in [-0.4, -0.2) is 25.7 Å². The Kier molecular flexibility index (Phi) is 5.70. The number of amides is 1. The van der Waals surface area contributed by atoms with Crippen LogP contribution in [0.4, 0.5) is 21.6 Å². The number of halogens is 1. The average Bonchev–Trinajstić information content (AvgIpc) is 3.26. The van der Waals surface area contributed by atoms with Crippen molar-refractivity contribution in [1.29, 1.82) is 0 Å². The number of fused-ring (bicyclic) bond motifs is 1. The predicted molar refractivity (Wildman–Crippen MR) is 130 cm³/mol. The summed E-state index contributed by atoms with van der Waals surface area (Å²) in [6, 6.07) is 19.4. The van der Waals surface area contributed by atoms with Gasteiger partial charge in [-0.25, -0.2) is 14.4 Å². The lowest BCUT2D eigenvalue weighted by atomic mass is 10.1. The maximum atomic E-state index is 13.3. The van der Waals surface area contributed by atoms with Gasteiger partial charge in [0.15, 0.2) is 0 Å². The minimum absolute atomic E-state index is 0.185. The number of aryl methyl sites for hydroxylation is 1. The van der Waals surface area contributed by atoms with Crippen LogP contribution in [0.15, 0.2) is 85.5 Å². The third kappa shape index (κ3) is 4.75. The fraction of sp³-hybridized carbons (Fsp3) is 0.0769. The van der Waals surface area contributed by atoms with Crippen molar-refractivity contribution in [3.05, 3.63) is 96.8 Å². The minimum atomic E-state index is -0.390. The first-order valence-corrected chi connectivity index (χ1v) is 10.7. The van der Waals surface area contributed by atoms with Crippen LogP contribution in [0.25, 0.3) is 22.0 Å². The summed E-state index contributed by atoms with van der Waals surface area (Å²) in [6.07, 6.45) is 5.50. The smallest absolute Gasteiger partial charge is 0.228 e. The lowest BCUT2D eigenvalue weighted by Crippen LogP contribution is -2.14. The Balaban J connectivity index is 1.28. The highest BCUT2D eigenvalue weighted by atomic mass is 19.1. The average molecular weight is 452 g/mol. The Labute approximate surface area is 195 Å². The molecule has 0 unspecified atom stereocenters. The summed E-state index contributed by atoms with van der Waals surface area (Å²) >= 11 is 0. The second-order valence-corrected chi connectivity index (χ2v) is 7.91. The Morgan fingerprint density at radius 2 is 1.82 bits per heavy atom. The number of benzene rings is 3. The normalized spacial score (nSPS) is 10.9. The van der Waals surface area contributed by atoms with Crippen LogP contribution < -0.4 is 10.6 Å². The Bertz CT molecular complexity index is 1480. The quantitative estimate of drug-likeness (QED) is 0.375. The number of anilines is 3. The zero-order valence-electron chi connectivity index (χ0n) is 18.4. The van der Waals surface area contributed by atoms with E-state index in [9.17, 15) is 9.18 Å². The van der Waals surface area contributed by atoms with Crippen LogP contribution in [0.3, 0.4) is 0 Å². The zero-order chi connectivity index (χ0) is 23.5. The van der Waals surface area contributed by atoms with Crippen molar-refractivity contribution in [2.24, 2.45) is 7.05 Å². The van der Waals surface area contributed by atoms with Crippen LogP contribution in [0.1, 0.15) is 5.56 Å². The molecule has 0 saturated carbocycles. The molecule has 3 aromatic carbocycles. The predicted octanol–water partition coefficient (Wildman–Crippen LogP) is 5.09. The van der Waals surface area contributed by atoms with Gasteiger partial charge in [-0.05, 0) is 53.6 Å². The third-order valence-electron chi connectivity index (χ3n) is 5.36. The van der Waals surface area contributed by atoms with Crippen LogP contribution >= 0.6 is 0 Å². The summed E-state index contributed by atoms with van der Waals surface area (Å²) in [5.74, 6) is 0.0932. The SMILES string of the molecule is Cn1cc(-c2ccc3c(Nc4ccc(CC(=O)Nc5cccc(F)c5)cc4)ncnc3c2)cn1.